The summed E-state index contributed by atoms with van der Waals surface area (Å²) in [5, 5.41) is 28.7. The van der Waals surface area contributed by atoms with Crippen LogP contribution >= 0.6 is 0 Å². The first kappa shape index (κ1) is 31.8. The van der Waals surface area contributed by atoms with Gasteiger partial charge in [0.15, 0.2) is 0 Å². The second kappa shape index (κ2) is 15.1. The molecule has 3 N–H and O–H groups in total. The van der Waals surface area contributed by atoms with Crippen LogP contribution < -0.4 is 0 Å². The number of carbonyl (C=O) groups is 3. The van der Waals surface area contributed by atoms with Crippen LogP contribution in [-0.2, 0) is 20.0 Å². The van der Waals surface area contributed by atoms with E-state index < -0.39 is 17.5 Å². The van der Waals surface area contributed by atoms with E-state index in [1.54, 1.807) is 0 Å². The van der Waals surface area contributed by atoms with Gasteiger partial charge >= 0.3 is 11.9 Å². The second-order valence-corrected chi connectivity index (χ2v) is 9.54. The molecule has 6 nitrogen and oxygen atoms in total. The number of rotatable bonds is 5. The normalized spacial score (nSPS) is 32.5. The van der Waals surface area contributed by atoms with Crippen molar-refractivity contribution in [3.05, 3.63) is 35.9 Å². The van der Waals surface area contributed by atoms with Crippen LogP contribution in [-0.4, -0.2) is 33.0 Å². The summed E-state index contributed by atoms with van der Waals surface area (Å²) in [6, 6.07) is 9.60. The first-order valence-electron chi connectivity index (χ1n) is 14.1. The number of carboxylic acid groups (broad SMARTS) is 2. The van der Waals surface area contributed by atoms with Gasteiger partial charge in [-0.25, -0.2) is 0 Å². The van der Waals surface area contributed by atoms with Crippen molar-refractivity contribution in [2.24, 2.45) is 35.5 Å². The monoisotopic (exact) mass is 504 g/mol. The van der Waals surface area contributed by atoms with E-state index >= 15 is 0 Å². The van der Waals surface area contributed by atoms with E-state index in [0.717, 1.165) is 44.1 Å². The maximum absolute atomic E-state index is 11.4. The quantitative estimate of drug-likeness (QED) is 0.419. The molecule has 0 heterocycles. The largest absolute Gasteiger partial charge is 0.481 e. The summed E-state index contributed by atoms with van der Waals surface area (Å²) < 4.78 is 0. The highest BCUT2D eigenvalue weighted by Gasteiger charge is 2.58. The third-order valence-electron chi connectivity index (χ3n) is 8.07. The topological polar surface area (TPSA) is 112 Å². The minimum atomic E-state index is -0.928. The minimum absolute atomic E-state index is 0.0556. The fourth-order valence-electron chi connectivity index (χ4n) is 6.74. The van der Waals surface area contributed by atoms with Gasteiger partial charge in [-0.15, -0.1) is 0 Å². The maximum atomic E-state index is 11.4. The van der Waals surface area contributed by atoms with Crippen LogP contribution in [0.25, 0.3) is 0 Å². The lowest BCUT2D eigenvalue weighted by Crippen LogP contribution is -2.41. The van der Waals surface area contributed by atoms with Crippen LogP contribution in [0.4, 0.5) is 0 Å². The van der Waals surface area contributed by atoms with Gasteiger partial charge in [-0.05, 0) is 61.8 Å². The Morgan fingerprint density at radius 3 is 1.86 bits per heavy atom. The Bertz CT molecular complexity index is 822. The molecule has 36 heavy (non-hydrogen) atoms. The number of aliphatic carboxylic acids is 2. The van der Waals surface area contributed by atoms with Crippen molar-refractivity contribution in [1.29, 1.82) is 0 Å². The maximum Gasteiger partial charge on any atom is 0.304 e. The third-order valence-corrected chi connectivity index (χ3v) is 8.07. The van der Waals surface area contributed by atoms with Gasteiger partial charge in [-0.2, -0.15) is 0 Å². The molecule has 4 aliphatic rings. The molecule has 0 aromatic heterocycles. The molecule has 7 unspecified atom stereocenters. The molecule has 0 saturated heterocycles. The van der Waals surface area contributed by atoms with Gasteiger partial charge < -0.3 is 15.3 Å². The van der Waals surface area contributed by atoms with Crippen LogP contribution in [0, 0.1) is 35.5 Å². The molecule has 4 saturated carbocycles. The predicted octanol–water partition coefficient (Wildman–Crippen LogP) is 6.55. The van der Waals surface area contributed by atoms with Crippen molar-refractivity contribution in [1.82, 2.24) is 0 Å². The number of carboxylic acids is 2. The lowest BCUT2D eigenvalue weighted by atomic mass is 9.70. The molecular weight excluding hydrogens is 456 g/mol. The standard InChI is InChI=1S/C15H18O3.C9H12O3.3C2H6/c16-14(17)9-13-10-6-7-12(8-10)15(13,18)11-4-2-1-3-5-11;10-8(11)4-7-5-1-2-6(3-5)9(7)12;3*1-2/h1-5,10,12-13,18H,6-9H2,(H,16,17);5-7H,1-4H2,(H,10,11);3*1-2H3. The SMILES string of the molecule is CC.CC.CC.O=C(O)CC1C(=O)C2CCC1C2.O=C(O)CC1C2CCC(C2)C1(O)c1ccccc1. The van der Waals surface area contributed by atoms with Crippen molar-refractivity contribution in [3.8, 4) is 0 Å². The Morgan fingerprint density at radius 2 is 1.36 bits per heavy atom. The van der Waals surface area contributed by atoms with Crippen molar-refractivity contribution >= 4 is 17.7 Å². The molecule has 0 aliphatic heterocycles. The van der Waals surface area contributed by atoms with E-state index in [2.05, 4.69) is 0 Å². The summed E-state index contributed by atoms with van der Waals surface area (Å²) in [5.74, 6) is -0.502. The second-order valence-electron chi connectivity index (χ2n) is 9.54. The average molecular weight is 505 g/mol. The molecular formula is C30H48O6. The highest BCUT2D eigenvalue weighted by Crippen LogP contribution is 2.60. The summed E-state index contributed by atoms with van der Waals surface area (Å²) in [6.07, 6.45) is 6.21. The molecule has 5 rings (SSSR count). The van der Waals surface area contributed by atoms with Gasteiger partial charge in [-0.1, -0.05) is 71.9 Å². The van der Waals surface area contributed by atoms with E-state index in [1.807, 2.05) is 71.9 Å². The molecule has 7 atom stereocenters. The Labute approximate surface area is 217 Å². The molecule has 6 heteroatoms. The van der Waals surface area contributed by atoms with E-state index in [-0.39, 0.29) is 42.3 Å². The molecule has 0 amide bonds. The summed E-state index contributed by atoms with van der Waals surface area (Å²) in [5.41, 5.74) is -0.0359. The number of hydrogen-bond acceptors (Lipinski definition) is 4. The first-order valence-corrected chi connectivity index (χ1v) is 14.1. The van der Waals surface area contributed by atoms with E-state index in [1.165, 1.54) is 0 Å². The van der Waals surface area contributed by atoms with Gasteiger partial charge in [0.1, 0.15) is 5.78 Å². The van der Waals surface area contributed by atoms with Gasteiger partial charge in [0.25, 0.3) is 0 Å². The molecule has 1 aromatic carbocycles. The lowest BCUT2D eigenvalue weighted by Gasteiger charge is -2.39. The van der Waals surface area contributed by atoms with Crippen molar-refractivity contribution in [3.63, 3.8) is 0 Å². The number of ketones is 1. The molecule has 0 spiro atoms. The fourth-order valence-corrected chi connectivity index (χ4v) is 6.74. The van der Waals surface area contributed by atoms with Crippen LogP contribution in [0.2, 0.25) is 0 Å². The highest BCUT2D eigenvalue weighted by atomic mass is 16.4. The third kappa shape index (κ3) is 6.96. The number of benzene rings is 1. The van der Waals surface area contributed by atoms with Crippen molar-refractivity contribution in [2.45, 2.75) is 98.5 Å². The Balaban J connectivity index is 0.000000313. The molecule has 1 aromatic rings. The van der Waals surface area contributed by atoms with Crippen LogP contribution in [0.5, 0.6) is 0 Å². The zero-order chi connectivity index (χ0) is 27.5. The zero-order valence-electron chi connectivity index (χ0n) is 23.1. The van der Waals surface area contributed by atoms with Crippen LogP contribution in [0.15, 0.2) is 30.3 Å². The van der Waals surface area contributed by atoms with Crippen LogP contribution in [0.3, 0.4) is 0 Å². The minimum Gasteiger partial charge on any atom is -0.481 e. The molecule has 4 bridgehead atoms. The zero-order valence-corrected chi connectivity index (χ0v) is 23.1. The number of fused-ring (bicyclic) bond motifs is 4. The summed E-state index contributed by atoms with van der Waals surface area (Å²) in [6.45, 7) is 12.0. The van der Waals surface area contributed by atoms with E-state index in [9.17, 15) is 19.5 Å². The molecule has 4 aliphatic carbocycles. The smallest absolute Gasteiger partial charge is 0.304 e. The predicted molar refractivity (Wildman–Crippen MR) is 143 cm³/mol. The molecule has 0 radical (unpaired) electrons. The molecule has 4 fully saturated rings. The van der Waals surface area contributed by atoms with E-state index in [4.69, 9.17) is 10.2 Å². The highest BCUT2D eigenvalue weighted by molar-refractivity contribution is 5.89. The Hall–Kier alpha value is -2.21. The van der Waals surface area contributed by atoms with Gasteiger partial charge in [0.05, 0.1) is 18.4 Å². The summed E-state index contributed by atoms with van der Waals surface area (Å²) >= 11 is 0. The number of Topliss-reactive ketones (excluding diaryl/α,β-unsaturated/α-hetero) is 1. The molecule has 204 valence electrons. The van der Waals surface area contributed by atoms with Gasteiger partial charge in [0.2, 0.25) is 0 Å². The van der Waals surface area contributed by atoms with Crippen molar-refractivity contribution < 1.29 is 29.7 Å². The summed E-state index contributed by atoms with van der Waals surface area (Å²) in [4.78, 5) is 32.9. The first-order chi connectivity index (χ1) is 17.3. The van der Waals surface area contributed by atoms with Gasteiger partial charge in [-0.3, -0.25) is 14.4 Å². The lowest BCUT2D eigenvalue weighted by molar-refractivity contribution is -0.144. The number of carbonyl (C=O) groups excluding carboxylic acids is 1. The number of hydrogen-bond donors (Lipinski definition) is 3. The average Bonchev–Trinajstić information content (AvgIpc) is 3.68. The number of aliphatic hydroxyl groups is 1. The Kier molecular flexibility index (Phi) is 13.4. The fraction of sp³-hybridized carbons (Fsp3) is 0.700. The van der Waals surface area contributed by atoms with Crippen LogP contribution in [0.1, 0.15) is 98.5 Å². The Morgan fingerprint density at radius 1 is 0.806 bits per heavy atom. The summed E-state index contributed by atoms with van der Waals surface area (Å²) in [7, 11) is 0. The van der Waals surface area contributed by atoms with Crippen molar-refractivity contribution in [2.75, 3.05) is 0 Å². The van der Waals surface area contributed by atoms with E-state index in [0.29, 0.717) is 11.8 Å². The van der Waals surface area contributed by atoms with Gasteiger partial charge in [0, 0.05) is 17.8 Å².